The molecule has 150 valence electrons. The smallest absolute Gasteiger partial charge is 0.241 e. The van der Waals surface area contributed by atoms with Crippen LogP contribution in [0.4, 0.5) is 5.69 Å². The number of carbonyl (C=O) groups is 1. The molecule has 6 nitrogen and oxygen atoms in total. The number of piperidine rings is 1. The Hall–Kier alpha value is -2.70. The summed E-state index contributed by atoms with van der Waals surface area (Å²) >= 11 is 6.13. The van der Waals surface area contributed by atoms with Gasteiger partial charge in [0.05, 0.1) is 17.3 Å². The molecular weight excluding hydrogens is 388 g/mol. The van der Waals surface area contributed by atoms with Crippen LogP contribution in [0.2, 0.25) is 5.02 Å². The third-order valence-electron chi connectivity index (χ3n) is 5.19. The zero-order valence-corrected chi connectivity index (χ0v) is 17.0. The van der Waals surface area contributed by atoms with Gasteiger partial charge in [-0.25, -0.2) is 0 Å². The van der Waals surface area contributed by atoms with Gasteiger partial charge in [0.2, 0.25) is 17.6 Å². The number of aromatic nitrogens is 2. The maximum Gasteiger partial charge on any atom is 0.241 e. The third kappa shape index (κ3) is 4.83. The van der Waals surface area contributed by atoms with Crippen molar-refractivity contribution in [2.45, 2.75) is 26.3 Å². The highest BCUT2D eigenvalue weighted by molar-refractivity contribution is 6.33. The summed E-state index contributed by atoms with van der Waals surface area (Å²) in [5.74, 6) is 1.21. The highest BCUT2D eigenvalue weighted by Gasteiger charge is 2.26. The zero-order chi connectivity index (χ0) is 20.2. The summed E-state index contributed by atoms with van der Waals surface area (Å²) in [6, 6.07) is 15.3. The minimum Gasteiger partial charge on any atom is -0.338 e. The number of hydrogen-bond donors (Lipinski definition) is 1. The van der Waals surface area contributed by atoms with Gasteiger partial charge in [0.25, 0.3) is 0 Å². The van der Waals surface area contributed by atoms with E-state index in [4.69, 9.17) is 16.1 Å². The van der Waals surface area contributed by atoms with Crippen molar-refractivity contribution in [2.24, 2.45) is 5.92 Å². The zero-order valence-electron chi connectivity index (χ0n) is 16.3. The Balaban J connectivity index is 1.30. The number of nitrogens with zero attached hydrogens (tertiary/aromatic N) is 3. The number of amides is 1. The fourth-order valence-electron chi connectivity index (χ4n) is 3.56. The largest absolute Gasteiger partial charge is 0.338 e. The number of hydrogen-bond acceptors (Lipinski definition) is 5. The maximum absolute atomic E-state index is 12.5. The molecule has 1 saturated heterocycles. The molecule has 0 spiro atoms. The summed E-state index contributed by atoms with van der Waals surface area (Å²) in [7, 11) is 0. The fourth-order valence-corrected chi connectivity index (χ4v) is 3.75. The van der Waals surface area contributed by atoms with E-state index in [0.717, 1.165) is 37.1 Å². The van der Waals surface area contributed by atoms with Crippen molar-refractivity contribution in [1.29, 1.82) is 0 Å². The number of halogens is 1. The molecule has 3 aromatic rings. The van der Waals surface area contributed by atoms with E-state index in [-0.39, 0.29) is 11.8 Å². The predicted molar refractivity (Wildman–Crippen MR) is 113 cm³/mol. The lowest BCUT2D eigenvalue weighted by Gasteiger charge is -2.30. The molecule has 0 atom stereocenters. The van der Waals surface area contributed by atoms with Gasteiger partial charge in [0, 0.05) is 11.5 Å². The van der Waals surface area contributed by atoms with Gasteiger partial charge in [-0.1, -0.05) is 52.7 Å². The lowest BCUT2D eigenvalue weighted by Crippen LogP contribution is -2.37. The SMILES string of the molecule is Cc1cccc(-c2noc(CN3CCC(C(=O)Nc4ccccc4Cl)CC3)n2)c1. The molecule has 1 amide bonds. The molecule has 2 aromatic carbocycles. The first-order valence-electron chi connectivity index (χ1n) is 9.76. The number of anilines is 1. The molecule has 0 bridgehead atoms. The molecule has 0 unspecified atom stereocenters. The van der Waals surface area contributed by atoms with Crippen LogP contribution in [0, 0.1) is 12.8 Å². The van der Waals surface area contributed by atoms with Gasteiger partial charge >= 0.3 is 0 Å². The van der Waals surface area contributed by atoms with E-state index >= 15 is 0 Å². The van der Waals surface area contributed by atoms with Gasteiger partial charge < -0.3 is 9.84 Å². The molecule has 7 heteroatoms. The van der Waals surface area contributed by atoms with E-state index < -0.39 is 0 Å². The minimum atomic E-state index is -0.0203. The molecule has 0 aliphatic carbocycles. The molecule has 1 aliphatic rings. The Morgan fingerprint density at radius 3 is 2.76 bits per heavy atom. The fraction of sp³-hybridized carbons (Fsp3) is 0.318. The molecule has 1 aromatic heterocycles. The first-order valence-corrected chi connectivity index (χ1v) is 10.1. The number of benzene rings is 2. The molecular formula is C22H23ClN4O2. The average Bonchev–Trinajstić information content (AvgIpc) is 3.19. The molecule has 2 heterocycles. The summed E-state index contributed by atoms with van der Waals surface area (Å²) in [5, 5.41) is 7.60. The summed E-state index contributed by atoms with van der Waals surface area (Å²) in [5.41, 5.74) is 2.78. The van der Waals surface area contributed by atoms with Crippen LogP contribution in [0.25, 0.3) is 11.4 Å². The Kier molecular flexibility index (Phi) is 5.92. The van der Waals surface area contributed by atoms with E-state index in [2.05, 4.69) is 20.4 Å². The Bertz CT molecular complexity index is 996. The third-order valence-corrected chi connectivity index (χ3v) is 5.52. The topological polar surface area (TPSA) is 71.3 Å². The Morgan fingerprint density at radius 2 is 2.00 bits per heavy atom. The standard InChI is InChI=1S/C22H23ClN4O2/c1-15-5-4-6-17(13-15)21-25-20(29-26-21)14-27-11-9-16(10-12-27)22(28)24-19-8-3-2-7-18(19)23/h2-8,13,16H,9-12,14H2,1H3,(H,24,28). The second kappa shape index (κ2) is 8.76. The van der Waals surface area contributed by atoms with E-state index in [9.17, 15) is 4.79 Å². The van der Waals surface area contributed by atoms with Gasteiger partial charge in [-0.3, -0.25) is 9.69 Å². The monoisotopic (exact) mass is 410 g/mol. The number of rotatable bonds is 5. The number of aryl methyl sites for hydroxylation is 1. The van der Waals surface area contributed by atoms with Crippen LogP contribution in [0.1, 0.15) is 24.3 Å². The van der Waals surface area contributed by atoms with Gasteiger partial charge in [0.1, 0.15) is 0 Å². The first-order chi connectivity index (χ1) is 14.1. The summed E-state index contributed by atoms with van der Waals surface area (Å²) in [6.45, 7) is 4.25. The quantitative estimate of drug-likeness (QED) is 0.668. The molecule has 4 rings (SSSR count). The van der Waals surface area contributed by atoms with Crippen LogP contribution >= 0.6 is 11.6 Å². The average molecular weight is 411 g/mol. The highest BCUT2D eigenvalue weighted by atomic mass is 35.5. The number of carbonyl (C=O) groups excluding carboxylic acids is 1. The Labute approximate surface area is 174 Å². The second-order valence-electron chi connectivity index (χ2n) is 7.40. The van der Waals surface area contributed by atoms with Crippen molar-refractivity contribution in [1.82, 2.24) is 15.0 Å². The summed E-state index contributed by atoms with van der Waals surface area (Å²) in [4.78, 5) is 19.3. The van der Waals surface area contributed by atoms with Crippen LogP contribution in [0.15, 0.2) is 53.1 Å². The molecule has 1 fully saturated rings. The highest BCUT2D eigenvalue weighted by Crippen LogP contribution is 2.25. The van der Waals surface area contributed by atoms with E-state index in [1.807, 2.05) is 49.4 Å². The van der Waals surface area contributed by atoms with Gasteiger partial charge in [-0.15, -0.1) is 0 Å². The second-order valence-corrected chi connectivity index (χ2v) is 7.81. The molecule has 1 aliphatic heterocycles. The van der Waals surface area contributed by atoms with Crippen LogP contribution in [0.5, 0.6) is 0 Å². The van der Waals surface area contributed by atoms with Gasteiger partial charge in [-0.2, -0.15) is 4.98 Å². The van der Waals surface area contributed by atoms with Crippen LogP contribution in [0.3, 0.4) is 0 Å². The van der Waals surface area contributed by atoms with E-state index in [1.165, 1.54) is 0 Å². The maximum atomic E-state index is 12.5. The summed E-state index contributed by atoms with van der Waals surface area (Å²) < 4.78 is 5.43. The first kappa shape index (κ1) is 19.6. The lowest BCUT2D eigenvalue weighted by atomic mass is 9.96. The molecule has 29 heavy (non-hydrogen) atoms. The van der Waals surface area contributed by atoms with Crippen molar-refractivity contribution in [3.63, 3.8) is 0 Å². The molecule has 0 saturated carbocycles. The van der Waals surface area contributed by atoms with E-state index in [0.29, 0.717) is 29.0 Å². The summed E-state index contributed by atoms with van der Waals surface area (Å²) in [6.07, 6.45) is 1.57. The van der Waals surface area contributed by atoms with Crippen molar-refractivity contribution < 1.29 is 9.32 Å². The van der Waals surface area contributed by atoms with E-state index in [1.54, 1.807) is 6.07 Å². The molecule has 0 radical (unpaired) electrons. The van der Waals surface area contributed by atoms with Gasteiger partial charge in [-0.05, 0) is 51.1 Å². The predicted octanol–water partition coefficient (Wildman–Crippen LogP) is 4.55. The Morgan fingerprint density at radius 1 is 1.21 bits per heavy atom. The lowest BCUT2D eigenvalue weighted by molar-refractivity contribution is -0.121. The molecule has 1 N–H and O–H groups in total. The van der Waals surface area contributed by atoms with Crippen molar-refractivity contribution in [3.8, 4) is 11.4 Å². The van der Waals surface area contributed by atoms with Crippen molar-refractivity contribution in [2.75, 3.05) is 18.4 Å². The van der Waals surface area contributed by atoms with Crippen molar-refractivity contribution in [3.05, 3.63) is 65.0 Å². The normalized spacial score (nSPS) is 15.4. The van der Waals surface area contributed by atoms with Crippen LogP contribution in [-0.4, -0.2) is 34.0 Å². The minimum absolute atomic E-state index is 0.0203. The van der Waals surface area contributed by atoms with Crippen molar-refractivity contribution >= 4 is 23.2 Å². The van der Waals surface area contributed by atoms with Crippen LogP contribution in [-0.2, 0) is 11.3 Å². The van der Waals surface area contributed by atoms with Crippen LogP contribution < -0.4 is 5.32 Å². The number of likely N-dealkylation sites (tertiary alicyclic amines) is 1. The van der Waals surface area contributed by atoms with Gasteiger partial charge in [0.15, 0.2) is 0 Å². The number of nitrogens with one attached hydrogen (secondary N) is 1. The number of para-hydroxylation sites is 1.